The van der Waals surface area contributed by atoms with Gasteiger partial charge in [-0.3, -0.25) is 23.7 Å². The first-order chi connectivity index (χ1) is 14.5. The van der Waals surface area contributed by atoms with Crippen LogP contribution in [0, 0.1) is 0 Å². The van der Waals surface area contributed by atoms with Gasteiger partial charge in [-0.05, 0) is 48.5 Å². The highest BCUT2D eigenvalue weighted by Gasteiger charge is 2.16. The van der Waals surface area contributed by atoms with Gasteiger partial charge < -0.3 is 5.32 Å². The van der Waals surface area contributed by atoms with Crippen LogP contribution in [0.1, 0.15) is 5.69 Å². The fourth-order valence-corrected chi connectivity index (χ4v) is 3.33. The zero-order valence-electron chi connectivity index (χ0n) is 15.7. The summed E-state index contributed by atoms with van der Waals surface area (Å²) in [7, 11) is 0. The number of benzene rings is 1. The predicted octanol–water partition coefficient (Wildman–Crippen LogP) is 2.40. The maximum Gasteiger partial charge on any atom is 0.332 e. The number of fused-ring (bicyclic) bond motifs is 1. The van der Waals surface area contributed by atoms with Crippen molar-refractivity contribution in [2.45, 2.75) is 13.1 Å². The molecule has 3 aromatic heterocycles. The summed E-state index contributed by atoms with van der Waals surface area (Å²) in [5.74, 6) is -0.396. The fraction of sp³-hybridized carbons (Fsp3) is 0.0952. The highest BCUT2D eigenvalue weighted by Crippen LogP contribution is 2.14. The number of hydrogen-bond donors (Lipinski definition) is 1. The number of halogens is 1. The molecule has 9 heteroatoms. The molecule has 4 rings (SSSR count). The lowest BCUT2D eigenvalue weighted by Gasteiger charge is -2.13. The lowest BCUT2D eigenvalue weighted by Crippen LogP contribution is -2.42. The Morgan fingerprint density at radius 2 is 1.70 bits per heavy atom. The second-order valence-corrected chi connectivity index (χ2v) is 7.42. The SMILES string of the molecule is O=C(Cn1c(=O)n(Cc2ccccn2)c(=O)c2ncccc21)Nc1ccc(Br)cc1. The Morgan fingerprint density at radius 1 is 0.933 bits per heavy atom. The molecule has 3 heterocycles. The van der Waals surface area contributed by atoms with Gasteiger partial charge in [0.25, 0.3) is 5.56 Å². The molecule has 4 aromatic rings. The number of aromatic nitrogens is 4. The van der Waals surface area contributed by atoms with Crippen molar-refractivity contribution in [2.24, 2.45) is 0 Å². The third-order valence-electron chi connectivity index (χ3n) is 4.46. The summed E-state index contributed by atoms with van der Waals surface area (Å²) in [5.41, 5.74) is 0.446. The fourth-order valence-electron chi connectivity index (χ4n) is 3.07. The quantitative estimate of drug-likeness (QED) is 0.487. The molecule has 0 aliphatic heterocycles. The minimum atomic E-state index is -0.600. The molecule has 1 aromatic carbocycles. The number of nitrogens with zero attached hydrogens (tertiary/aromatic N) is 4. The number of carbonyl (C=O) groups excluding carboxylic acids is 1. The van der Waals surface area contributed by atoms with Crippen molar-refractivity contribution in [1.82, 2.24) is 19.1 Å². The smallest absolute Gasteiger partial charge is 0.325 e. The van der Waals surface area contributed by atoms with Gasteiger partial charge in [-0.1, -0.05) is 22.0 Å². The van der Waals surface area contributed by atoms with Crippen LogP contribution < -0.4 is 16.6 Å². The van der Waals surface area contributed by atoms with E-state index in [-0.39, 0.29) is 18.6 Å². The van der Waals surface area contributed by atoms with Crippen LogP contribution in [0.4, 0.5) is 5.69 Å². The lowest BCUT2D eigenvalue weighted by molar-refractivity contribution is -0.116. The summed E-state index contributed by atoms with van der Waals surface area (Å²) < 4.78 is 3.18. The number of rotatable bonds is 5. The van der Waals surface area contributed by atoms with Gasteiger partial charge in [0.2, 0.25) is 5.91 Å². The Labute approximate surface area is 179 Å². The van der Waals surface area contributed by atoms with Crippen molar-refractivity contribution in [3.8, 4) is 0 Å². The summed E-state index contributed by atoms with van der Waals surface area (Å²) in [6.45, 7) is -0.279. The van der Waals surface area contributed by atoms with Crippen molar-refractivity contribution in [1.29, 1.82) is 0 Å². The Kier molecular flexibility index (Phi) is 5.53. The molecule has 8 nitrogen and oxygen atoms in total. The lowest BCUT2D eigenvalue weighted by atomic mass is 10.3. The first-order valence-corrected chi connectivity index (χ1v) is 9.86. The molecule has 0 atom stereocenters. The summed E-state index contributed by atoms with van der Waals surface area (Å²) in [6.07, 6.45) is 3.06. The minimum absolute atomic E-state index is 0.0145. The number of nitrogens with one attached hydrogen (secondary N) is 1. The number of amides is 1. The maximum atomic E-state index is 13.1. The standard InChI is InChI=1S/C21H16BrN5O3/c22-14-6-8-15(9-7-14)25-18(28)13-26-17-5-3-11-24-19(17)20(29)27(21(26)30)12-16-4-1-2-10-23-16/h1-11H,12-13H2,(H,25,28). The van der Waals surface area contributed by atoms with Crippen LogP contribution in [0.25, 0.3) is 11.0 Å². The van der Waals surface area contributed by atoms with Crippen LogP contribution in [0.15, 0.2) is 81.1 Å². The van der Waals surface area contributed by atoms with E-state index < -0.39 is 17.2 Å². The van der Waals surface area contributed by atoms with Crippen molar-refractivity contribution in [3.05, 3.63) is 98.0 Å². The van der Waals surface area contributed by atoms with Crippen molar-refractivity contribution >= 4 is 38.6 Å². The van der Waals surface area contributed by atoms with E-state index in [0.717, 1.165) is 9.04 Å². The van der Waals surface area contributed by atoms with Gasteiger partial charge in [-0.25, -0.2) is 9.78 Å². The molecule has 0 radical (unpaired) electrons. The van der Waals surface area contributed by atoms with Crippen LogP contribution in [-0.4, -0.2) is 25.0 Å². The van der Waals surface area contributed by atoms with E-state index in [1.165, 1.54) is 10.8 Å². The van der Waals surface area contributed by atoms with Gasteiger partial charge >= 0.3 is 5.69 Å². The number of pyridine rings is 2. The average molecular weight is 466 g/mol. The largest absolute Gasteiger partial charge is 0.332 e. The van der Waals surface area contributed by atoms with Gasteiger partial charge in [0, 0.05) is 22.6 Å². The number of carbonyl (C=O) groups is 1. The second kappa shape index (κ2) is 8.42. The Balaban J connectivity index is 1.74. The molecule has 0 aliphatic carbocycles. The summed E-state index contributed by atoms with van der Waals surface area (Å²) in [6, 6.07) is 15.5. The first kappa shape index (κ1) is 19.7. The van der Waals surface area contributed by atoms with E-state index in [1.54, 1.807) is 60.8 Å². The summed E-state index contributed by atoms with van der Waals surface area (Å²) in [5, 5.41) is 2.75. The summed E-state index contributed by atoms with van der Waals surface area (Å²) >= 11 is 3.34. The van der Waals surface area contributed by atoms with Gasteiger partial charge in [0.05, 0.1) is 17.8 Å². The predicted molar refractivity (Wildman–Crippen MR) is 116 cm³/mol. The van der Waals surface area contributed by atoms with Crippen LogP contribution in [-0.2, 0) is 17.9 Å². The molecule has 0 bridgehead atoms. The van der Waals surface area contributed by atoms with Crippen LogP contribution >= 0.6 is 15.9 Å². The number of anilines is 1. The summed E-state index contributed by atoms with van der Waals surface area (Å²) in [4.78, 5) is 46.9. The molecule has 1 amide bonds. The van der Waals surface area contributed by atoms with Gasteiger partial charge in [0.1, 0.15) is 6.54 Å². The first-order valence-electron chi connectivity index (χ1n) is 9.06. The van der Waals surface area contributed by atoms with Crippen LogP contribution in [0.2, 0.25) is 0 Å². The highest BCUT2D eigenvalue weighted by molar-refractivity contribution is 9.10. The van der Waals surface area contributed by atoms with E-state index in [9.17, 15) is 14.4 Å². The van der Waals surface area contributed by atoms with Crippen molar-refractivity contribution in [3.63, 3.8) is 0 Å². The Morgan fingerprint density at radius 3 is 2.43 bits per heavy atom. The van der Waals surface area contributed by atoms with Crippen LogP contribution in [0.3, 0.4) is 0 Å². The van der Waals surface area contributed by atoms with E-state index >= 15 is 0 Å². The van der Waals surface area contributed by atoms with Gasteiger partial charge in [0.15, 0.2) is 5.52 Å². The molecule has 150 valence electrons. The second-order valence-electron chi connectivity index (χ2n) is 6.51. The van der Waals surface area contributed by atoms with E-state index in [4.69, 9.17) is 0 Å². The topological polar surface area (TPSA) is 98.9 Å². The zero-order chi connectivity index (χ0) is 21.1. The monoisotopic (exact) mass is 465 g/mol. The van der Waals surface area contributed by atoms with Crippen LogP contribution in [0.5, 0.6) is 0 Å². The van der Waals surface area contributed by atoms with Gasteiger partial charge in [-0.2, -0.15) is 0 Å². The molecule has 0 fully saturated rings. The highest BCUT2D eigenvalue weighted by atomic mass is 79.9. The maximum absolute atomic E-state index is 13.1. The Hall–Kier alpha value is -3.59. The number of hydrogen-bond acceptors (Lipinski definition) is 5. The molecule has 0 saturated carbocycles. The molecular weight excluding hydrogens is 450 g/mol. The van der Waals surface area contributed by atoms with E-state index in [2.05, 4.69) is 31.2 Å². The molecule has 1 N–H and O–H groups in total. The molecule has 0 aliphatic rings. The zero-order valence-corrected chi connectivity index (χ0v) is 17.2. The average Bonchev–Trinajstić information content (AvgIpc) is 2.76. The third kappa shape index (κ3) is 4.06. The molecule has 0 spiro atoms. The minimum Gasteiger partial charge on any atom is -0.325 e. The van der Waals surface area contributed by atoms with E-state index in [1.807, 2.05) is 0 Å². The van der Waals surface area contributed by atoms with Gasteiger partial charge in [-0.15, -0.1) is 0 Å². The molecule has 0 saturated heterocycles. The van der Waals surface area contributed by atoms with E-state index in [0.29, 0.717) is 16.9 Å². The van der Waals surface area contributed by atoms with Crippen molar-refractivity contribution < 1.29 is 4.79 Å². The molecular formula is C21H16BrN5O3. The van der Waals surface area contributed by atoms with Crippen molar-refractivity contribution in [2.75, 3.05) is 5.32 Å². The molecule has 30 heavy (non-hydrogen) atoms. The normalized spacial score (nSPS) is 10.8. The molecule has 0 unspecified atom stereocenters. The third-order valence-corrected chi connectivity index (χ3v) is 4.99. The Bertz CT molecular complexity index is 1330.